The Hall–Kier alpha value is -1.71. The Morgan fingerprint density at radius 2 is 1.64 bits per heavy atom. The van der Waals surface area contributed by atoms with E-state index in [-0.39, 0.29) is 24.3 Å². The number of hydrogen-bond acceptors (Lipinski definition) is 8. The Balaban J connectivity index is 0.000000663. The first-order valence-corrected chi connectivity index (χ1v) is 14.2. The number of nitrogens with zero attached hydrogens (tertiary/aromatic N) is 1. The third kappa shape index (κ3) is 13.0. The third-order valence-corrected chi connectivity index (χ3v) is 6.56. The molecule has 0 spiro atoms. The third-order valence-electron chi connectivity index (χ3n) is 5.05. The SMILES string of the molecule is COC(=O)C(CCSC)N=Cc1ccc(Cl)cc1.COC(=O)C(N)(CCSC)Cc1ccccc1.Cl. The van der Waals surface area contributed by atoms with Crippen LogP contribution in [0.3, 0.4) is 0 Å². The van der Waals surface area contributed by atoms with Gasteiger partial charge in [-0.05, 0) is 60.1 Å². The zero-order valence-corrected chi connectivity index (χ0v) is 24.4. The van der Waals surface area contributed by atoms with Crippen molar-refractivity contribution in [3.05, 3.63) is 70.7 Å². The lowest BCUT2D eigenvalue weighted by molar-refractivity contribution is -0.147. The van der Waals surface area contributed by atoms with Gasteiger partial charge in [0.15, 0.2) is 0 Å². The maximum atomic E-state index is 11.8. The van der Waals surface area contributed by atoms with Crippen molar-refractivity contribution in [2.75, 3.05) is 38.2 Å². The second kappa shape index (κ2) is 19.4. The van der Waals surface area contributed by atoms with E-state index in [9.17, 15) is 9.59 Å². The molecule has 0 saturated carbocycles. The van der Waals surface area contributed by atoms with Crippen LogP contribution in [0.5, 0.6) is 0 Å². The van der Waals surface area contributed by atoms with Crippen molar-refractivity contribution in [2.45, 2.75) is 30.8 Å². The highest BCUT2D eigenvalue weighted by molar-refractivity contribution is 7.98. The molecule has 2 N–H and O–H groups in total. The number of rotatable bonds is 12. The van der Waals surface area contributed by atoms with Crippen LogP contribution in [-0.2, 0) is 25.5 Å². The minimum atomic E-state index is -0.918. The van der Waals surface area contributed by atoms with Crippen molar-refractivity contribution in [1.29, 1.82) is 0 Å². The quantitative estimate of drug-likeness (QED) is 0.270. The summed E-state index contributed by atoms with van der Waals surface area (Å²) in [5.41, 5.74) is 7.24. The van der Waals surface area contributed by atoms with E-state index in [1.54, 1.807) is 41.9 Å². The lowest BCUT2D eigenvalue weighted by Crippen LogP contribution is -2.51. The zero-order valence-electron chi connectivity index (χ0n) is 21.1. The number of aliphatic imine (C=N–C) groups is 1. The standard InChI is InChI=1S/C13H16ClNO2S.C13H19NO2S.ClH/c1-17-13(16)12(7-8-18-2)15-9-10-3-5-11(14)6-4-10;1-16-12(15)13(14,8-9-17-2)10-11-6-4-3-5-7-11;/h3-6,9,12H,7-8H2,1-2H3;3-7H,8-10,14H2,1-2H3;1H. The second-order valence-electron chi connectivity index (χ2n) is 7.70. The molecular weight excluding hydrogens is 539 g/mol. The number of nitrogens with two attached hydrogens (primary N) is 1. The average Bonchev–Trinajstić information content (AvgIpc) is 2.88. The van der Waals surface area contributed by atoms with Crippen LogP contribution in [0.15, 0.2) is 59.6 Å². The highest BCUT2D eigenvalue weighted by Gasteiger charge is 2.34. The Labute approximate surface area is 234 Å². The molecular formula is C26H36Cl2N2O4S2. The van der Waals surface area contributed by atoms with Gasteiger partial charge in [-0.3, -0.25) is 9.79 Å². The fraction of sp³-hybridized carbons (Fsp3) is 0.423. The predicted octanol–water partition coefficient (Wildman–Crippen LogP) is 5.33. The number of methoxy groups -OCH3 is 2. The van der Waals surface area contributed by atoms with Crippen molar-refractivity contribution in [3.63, 3.8) is 0 Å². The molecule has 0 aliphatic rings. The highest BCUT2D eigenvalue weighted by Crippen LogP contribution is 2.19. The van der Waals surface area contributed by atoms with Crippen LogP contribution in [0, 0.1) is 0 Å². The summed E-state index contributed by atoms with van der Waals surface area (Å²) in [6, 6.07) is 16.6. The first-order chi connectivity index (χ1) is 16.8. The Bertz CT molecular complexity index is 918. The van der Waals surface area contributed by atoms with Gasteiger partial charge >= 0.3 is 11.9 Å². The molecule has 0 bridgehead atoms. The van der Waals surface area contributed by atoms with Gasteiger partial charge in [0.1, 0.15) is 11.6 Å². The summed E-state index contributed by atoms with van der Waals surface area (Å²) in [6.07, 6.45) is 7.49. The van der Waals surface area contributed by atoms with E-state index in [0.717, 1.165) is 22.6 Å². The van der Waals surface area contributed by atoms with Gasteiger partial charge in [-0.1, -0.05) is 54.1 Å². The fourth-order valence-corrected chi connectivity index (χ4v) is 4.21. The van der Waals surface area contributed by atoms with Crippen molar-refractivity contribution in [2.24, 2.45) is 10.7 Å². The summed E-state index contributed by atoms with van der Waals surface area (Å²) in [6.45, 7) is 0. The predicted molar refractivity (Wildman–Crippen MR) is 157 cm³/mol. The highest BCUT2D eigenvalue weighted by atomic mass is 35.5. The minimum Gasteiger partial charge on any atom is -0.468 e. The average molecular weight is 576 g/mol. The van der Waals surface area contributed by atoms with Crippen LogP contribution >= 0.6 is 47.5 Å². The zero-order chi connectivity index (χ0) is 26.1. The second-order valence-corrected chi connectivity index (χ2v) is 10.1. The van der Waals surface area contributed by atoms with Crippen molar-refractivity contribution in [3.8, 4) is 0 Å². The summed E-state index contributed by atoms with van der Waals surface area (Å²) in [7, 11) is 2.76. The van der Waals surface area contributed by atoms with Crippen molar-refractivity contribution < 1.29 is 19.1 Å². The minimum absolute atomic E-state index is 0. The Morgan fingerprint density at radius 3 is 2.17 bits per heavy atom. The molecule has 2 rings (SSSR count). The molecule has 2 unspecified atom stereocenters. The first kappa shape index (κ1) is 34.3. The van der Waals surface area contributed by atoms with E-state index in [0.29, 0.717) is 24.3 Å². The summed E-state index contributed by atoms with van der Waals surface area (Å²) < 4.78 is 9.55. The number of esters is 2. The monoisotopic (exact) mass is 574 g/mol. The molecule has 0 saturated heterocycles. The fourth-order valence-electron chi connectivity index (χ4n) is 3.05. The summed E-state index contributed by atoms with van der Waals surface area (Å²) in [4.78, 5) is 27.6. The van der Waals surface area contributed by atoms with Crippen LogP contribution < -0.4 is 5.73 Å². The van der Waals surface area contributed by atoms with E-state index in [1.165, 1.54) is 14.2 Å². The van der Waals surface area contributed by atoms with Gasteiger partial charge in [-0.2, -0.15) is 23.5 Å². The summed E-state index contributed by atoms with van der Waals surface area (Å²) in [5, 5.41) is 0.680. The normalized spacial score (nSPS) is 12.9. The molecule has 2 atom stereocenters. The lowest BCUT2D eigenvalue weighted by atomic mass is 9.89. The lowest BCUT2D eigenvalue weighted by Gasteiger charge is -2.26. The molecule has 6 nitrogen and oxygen atoms in total. The molecule has 2 aromatic rings. The maximum absolute atomic E-state index is 11.8. The number of thioether (sulfide) groups is 2. The molecule has 0 aliphatic heterocycles. The van der Waals surface area contributed by atoms with Crippen LogP contribution in [0.25, 0.3) is 0 Å². The molecule has 0 aromatic heterocycles. The van der Waals surface area contributed by atoms with Crippen LogP contribution in [0.2, 0.25) is 5.02 Å². The number of benzene rings is 2. The van der Waals surface area contributed by atoms with Gasteiger partial charge in [0.05, 0.1) is 14.2 Å². The van der Waals surface area contributed by atoms with Crippen LogP contribution in [0.1, 0.15) is 24.0 Å². The topological polar surface area (TPSA) is 91.0 Å². The van der Waals surface area contributed by atoms with Gasteiger partial charge in [-0.25, -0.2) is 4.79 Å². The largest absolute Gasteiger partial charge is 0.468 e. The Kier molecular flexibility index (Phi) is 18.5. The molecule has 200 valence electrons. The molecule has 0 radical (unpaired) electrons. The van der Waals surface area contributed by atoms with Gasteiger partial charge in [0.2, 0.25) is 0 Å². The number of halogens is 2. The van der Waals surface area contributed by atoms with E-state index in [4.69, 9.17) is 26.8 Å². The maximum Gasteiger partial charge on any atom is 0.330 e. The molecule has 0 amide bonds. The van der Waals surface area contributed by atoms with Gasteiger partial charge in [0.25, 0.3) is 0 Å². The molecule has 0 aliphatic carbocycles. The number of hydrogen-bond donors (Lipinski definition) is 1. The summed E-state index contributed by atoms with van der Waals surface area (Å²) >= 11 is 9.16. The van der Waals surface area contributed by atoms with Crippen LogP contribution in [-0.4, -0.2) is 68.0 Å². The van der Waals surface area contributed by atoms with Gasteiger partial charge in [-0.15, -0.1) is 12.4 Å². The number of ether oxygens (including phenoxy) is 2. The molecule has 0 heterocycles. The van der Waals surface area contributed by atoms with Gasteiger partial charge < -0.3 is 15.2 Å². The first-order valence-electron chi connectivity index (χ1n) is 11.0. The molecule has 36 heavy (non-hydrogen) atoms. The molecule has 0 fully saturated rings. The molecule has 2 aromatic carbocycles. The number of carbonyl (C=O) groups is 2. The smallest absolute Gasteiger partial charge is 0.330 e. The van der Waals surface area contributed by atoms with Gasteiger partial charge in [0, 0.05) is 17.7 Å². The van der Waals surface area contributed by atoms with Crippen molar-refractivity contribution in [1.82, 2.24) is 0 Å². The summed E-state index contributed by atoms with van der Waals surface area (Å²) in [5.74, 6) is 1.08. The van der Waals surface area contributed by atoms with E-state index in [2.05, 4.69) is 4.99 Å². The van der Waals surface area contributed by atoms with Crippen LogP contribution in [0.4, 0.5) is 0 Å². The number of carbonyl (C=O) groups excluding carboxylic acids is 2. The van der Waals surface area contributed by atoms with Crippen molar-refractivity contribution >= 4 is 65.7 Å². The Morgan fingerprint density at radius 1 is 1.03 bits per heavy atom. The van der Waals surface area contributed by atoms with E-state index < -0.39 is 11.6 Å². The molecule has 10 heteroatoms. The van der Waals surface area contributed by atoms with E-state index in [1.807, 2.05) is 55.0 Å². The van der Waals surface area contributed by atoms with E-state index >= 15 is 0 Å².